The Morgan fingerprint density at radius 1 is 1.42 bits per heavy atom. The Hall–Kier alpha value is -1.57. The number of aromatic hydroxyl groups is 1. The number of thioether (sulfide) groups is 1. The lowest BCUT2D eigenvalue weighted by atomic mass is 10.2. The van der Waals surface area contributed by atoms with Crippen LogP contribution >= 0.6 is 11.8 Å². The fraction of sp³-hybridized carbons (Fsp3) is 0.333. The number of H-pyrrole nitrogens is 1. The molecule has 0 fully saturated rings. The molecule has 6 nitrogen and oxygen atoms in total. The van der Waals surface area contributed by atoms with Gasteiger partial charge in [0, 0.05) is 0 Å². The molecule has 0 spiro atoms. The van der Waals surface area contributed by atoms with Crippen molar-refractivity contribution < 1.29 is 14.9 Å². The van der Waals surface area contributed by atoms with Crippen LogP contribution in [0.4, 0.5) is 0 Å². The lowest BCUT2D eigenvalue weighted by molar-refractivity contribution is -0.301. The molecule has 0 aromatic carbocycles. The molecule has 0 atom stereocenters. The van der Waals surface area contributed by atoms with Gasteiger partial charge in [-0.15, -0.1) is 11.8 Å². The van der Waals surface area contributed by atoms with Crippen LogP contribution in [0.2, 0.25) is 0 Å². The van der Waals surface area contributed by atoms with Crippen LogP contribution in [-0.4, -0.2) is 27.9 Å². The average molecular weight is 282 g/mol. The van der Waals surface area contributed by atoms with Crippen LogP contribution in [0.25, 0.3) is 10.9 Å². The molecule has 0 aliphatic rings. The molecule has 0 saturated carbocycles. The molecular weight excluding hydrogens is 268 g/mol. The standard InChI is InChI=1S/C12H14N2O4S/c1-3-17-18-6-8-11(15)10-7(12(16)13-8)4-5-9(14-10)19-2/h4-5,15H,3,6H2,1-2H3,(H,13,16). The van der Waals surface area contributed by atoms with Gasteiger partial charge < -0.3 is 10.1 Å². The third kappa shape index (κ3) is 2.89. The van der Waals surface area contributed by atoms with Crippen molar-refractivity contribution in [2.45, 2.75) is 18.6 Å². The van der Waals surface area contributed by atoms with Gasteiger partial charge in [-0.25, -0.2) is 14.8 Å². The van der Waals surface area contributed by atoms with E-state index < -0.39 is 0 Å². The zero-order valence-electron chi connectivity index (χ0n) is 10.6. The monoisotopic (exact) mass is 282 g/mol. The molecule has 2 aromatic rings. The summed E-state index contributed by atoms with van der Waals surface area (Å²) in [6, 6.07) is 3.37. The maximum atomic E-state index is 11.9. The number of nitrogens with zero attached hydrogens (tertiary/aromatic N) is 1. The first-order chi connectivity index (χ1) is 9.17. The second-order valence-electron chi connectivity index (χ2n) is 3.70. The van der Waals surface area contributed by atoms with Gasteiger partial charge in [-0.1, -0.05) is 0 Å². The Bertz CT molecular complexity index is 641. The highest BCUT2D eigenvalue weighted by molar-refractivity contribution is 7.98. The first kappa shape index (κ1) is 13.9. The minimum Gasteiger partial charge on any atom is -0.504 e. The van der Waals surface area contributed by atoms with E-state index in [0.29, 0.717) is 12.0 Å². The zero-order chi connectivity index (χ0) is 13.8. The largest absolute Gasteiger partial charge is 0.504 e. The summed E-state index contributed by atoms with van der Waals surface area (Å²) in [4.78, 5) is 28.3. The molecule has 0 radical (unpaired) electrons. The van der Waals surface area contributed by atoms with E-state index in [1.807, 2.05) is 6.26 Å². The van der Waals surface area contributed by atoms with Crippen LogP contribution in [0.1, 0.15) is 12.6 Å². The van der Waals surface area contributed by atoms with E-state index in [2.05, 4.69) is 9.97 Å². The van der Waals surface area contributed by atoms with E-state index in [-0.39, 0.29) is 29.1 Å². The molecule has 2 heterocycles. The predicted molar refractivity (Wildman–Crippen MR) is 72.2 cm³/mol. The molecule has 2 aromatic heterocycles. The molecule has 2 N–H and O–H groups in total. The molecular formula is C12H14N2O4S. The SMILES string of the molecule is CCOOCc1[nH]c(=O)c2ccc(SC)nc2c1O. The van der Waals surface area contributed by atoms with Gasteiger partial charge in [0.15, 0.2) is 5.75 Å². The summed E-state index contributed by atoms with van der Waals surface area (Å²) in [5.41, 5.74) is 0.199. The maximum absolute atomic E-state index is 11.9. The summed E-state index contributed by atoms with van der Waals surface area (Å²) >= 11 is 1.44. The molecule has 19 heavy (non-hydrogen) atoms. The second kappa shape index (κ2) is 6.05. The lowest BCUT2D eigenvalue weighted by Gasteiger charge is -2.07. The van der Waals surface area contributed by atoms with Crippen molar-refractivity contribution in [3.05, 3.63) is 28.2 Å². The second-order valence-corrected chi connectivity index (χ2v) is 4.53. The van der Waals surface area contributed by atoms with E-state index >= 15 is 0 Å². The summed E-state index contributed by atoms with van der Waals surface area (Å²) in [6.45, 7) is 2.11. The first-order valence-corrected chi connectivity index (χ1v) is 6.93. The molecule has 0 amide bonds. The van der Waals surface area contributed by atoms with Gasteiger partial charge in [0.25, 0.3) is 5.56 Å². The average Bonchev–Trinajstić information content (AvgIpc) is 2.43. The van der Waals surface area contributed by atoms with Gasteiger partial charge >= 0.3 is 0 Å². The number of pyridine rings is 2. The molecule has 2 rings (SSSR count). The highest BCUT2D eigenvalue weighted by atomic mass is 32.2. The van der Waals surface area contributed by atoms with Gasteiger partial charge in [0.1, 0.15) is 12.1 Å². The molecule has 0 aliphatic carbocycles. The summed E-state index contributed by atoms with van der Waals surface area (Å²) < 4.78 is 0. The number of aromatic amines is 1. The van der Waals surface area contributed by atoms with Gasteiger partial charge in [-0.2, -0.15) is 0 Å². The van der Waals surface area contributed by atoms with E-state index in [1.54, 1.807) is 19.1 Å². The predicted octanol–water partition coefficient (Wildman–Crippen LogP) is 1.82. The zero-order valence-corrected chi connectivity index (χ0v) is 11.4. The lowest BCUT2D eigenvalue weighted by Crippen LogP contribution is -2.11. The Morgan fingerprint density at radius 2 is 2.21 bits per heavy atom. The van der Waals surface area contributed by atoms with E-state index in [4.69, 9.17) is 9.78 Å². The van der Waals surface area contributed by atoms with Crippen LogP contribution in [0.5, 0.6) is 5.75 Å². The van der Waals surface area contributed by atoms with Crippen LogP contribution in [0.3, 0.4) is 0 Å². The normalized spacial score (nSPS) is 11.1. The van der Waals surface area contributed by atoms with E-state index in [0.717, 1.165) is 5.03 Å². The third-order valence-corrected chi connectivity index (χ3v) is 3.15. The Morgan fingerprint density at radius 3 is 2.89 bits per heavy atom. The number of hydrogen-bond acceptors (Lipinski definition) is 6. The molecule has 0 aliphatic heterocycles. The summed E-state index contributed by atoms with van der Waals surface area (Å²) in [5.74, 6) is -0.0924. The van der Waals surface area contributed by atoms with E-state index in [9.17, 15) is 9.90 Å². The fourth-order valence-corrected chi connectivity index (χ4v) is 2.00. The molecule has 0 unspecified atom stereocenters. The minimum atomic E-state index is -0.317. The van der Waals surface area contributed by atoms with Gasteiger partial charge in [0.05, 0.1) is 22.7 Å². The molecule has 0 saturated heterocycles. The quantitative estimate of drug-likeness (QED) is 0.376. The highest BCUT2D eigenvalue weighted by Gasteiger charge is 2.13. The van der Waals surface area contributed by atoms with Crippen LogP contribution < -0.4 is 5.56 Å². The number of nitrogens with one attached hydrogen (secondary N) is 1. The van der Waals surface area contributed by atoms with Gasteiger partial charge in [-0.3, -0.25) is 4.79 Å². The Labute approximate surface area is 113 Å². The van der Waals surface area contributed by atoms with Crippen molar-refractivity contribution in [1.82, 2.24) is 9.97 Å². The summed E-state index contributed by atoms with van der Waals surface area (Å²) in [5, 5.41) is 11.2. The fourth-order valence-electron chi connectivity index (χ4n) is 1.61. The van der Waals surface area contributed by atoms with Crippen molar-refractivity contribution in [3.8, 4) is 5.75 Å². The van der Waals surface area contributed by atoms with Crippen molar-refractivity contribution >= 4 is 22.7 Å². The van der Waals surface area contributed by atoms with Crippen molar-refractivity contribution in [1.29, 1.82) is 0 Å². The van der Waals surface area contributed by atoms with Crippen molar-refractivity contribution in [2.24, 2.45) is 0 Å². The van der Waals surface area contributed by atoms with Crippen molar-refractivity contribution in [3.63, 3.8) is 0 Å². The number of fused-ring (bicyclic) bond motifs is 1. The van der Waals surface area contributed by atoms with E-state index in [1.165, 1.54) is 11.8 Å². The van der Waals surface area contributed by atoms with Gasteiger partial charge in [-0.05, 0) is 25.3 Å². The van der Waals surface area contributed by atoms with Crippen LogP contribution in [0, 0.1) is 0 Å². The topological polar surface area (TPSA) is 84.4 Å². The molecule has 7 heteroatoms. The number of aromatic nitrogens is 2. The first-order valence-electron chi connectivity index (χ1n) is 5.70. The number of rotatable bonds is 5. The van der Waals surface area contributed by atoms with Crippen molar-refractivity contribution in [2.75, 3.05) is 12.9 Å². The Kier molecular flexibility index (Phi) is 4.41. The minimum absolute atomic E-state index is 0.0456. The highest BCUT2D eigenvalue weighted by Crippen LogP contribution is 2.25. The van der Waals surface area contributed by atoms with Crippen LogP contribution in [-0.2, 0) is 16.4 Å². The summed E-state index contributed by atoms with van der Waals surface area (Å²) in [7, 11) is 0. The smallest absolute Gasteiger partial charge is 0.257 e. The van der Waals surface area contributed by atoms with Crippen LogP contribution in [0.15, 0.2) is 22.0 Å². The third-order valence-electron chi connectivity index (χ3n) is 2.50. The maximum Gasteiger partial charge on any atom is 0.257 e. The van der Waals surface area contributed by atoms with Gasteiger partial charge in [0.2, 0.25) is 0 Å². The molecule has 102 valence electrons. The number of hydrogen-bond donors (Lipinski definition) is 2. The molecule has 0 bridgehead atoms. The Balaban J connectivity index is 2.49. The summed E-state index contributed by atoms with van der Waals surface area (Å²) in [6.07, 6.45) is 1.87.